The molecule has 0 aromatic carbocycles. The summed E-state index contributed by atoms with van der Waals surface area (Å²) in [5.74, 6) is 0.102. The molecular weight excluding hydrogens is 232 g/mol. The third-order valence-corrected chi connectivity index (χ3v) is 2.93. The summed E-state index contributed by atoms with van der Waals surface area (Å²) >= 11 is 0. The zero-order valence-electron chi connectivity index (χ0n) is 11.3. The van der Waals surface area contributed by atoms with Gasteiger partial charge in [0, 0.05) is 17.5 Å². The number of hydrazine groups is 1. The Morgan fingerprint density at radius 3 is 2.50 bits per heavy atom. The Kier molecular flexibility index (Phi) is 4.92. The van der Waals surface area contributed by atoms with Gasteiger partial charge in [0.25, 0.3) is 0 Å². The normalized spacial score (nSPS) is 24.7. The average molecular weight is 256 g/mol. The molecule has 0 heterocycles. The fraction of sp³-hybridized carbons (Fsp3) is 0.692. The van der Waals surface area contributed by atoms with Crippen molar-refractivity contribution in [2.75, 3.05) is 19.8 Å². The van der Waals surface area contributed by atoms with Crippen molar-refractivity contribution in [1.82, 2.24) is 10.9 Å². The summed E-state index contributed by atoms with van der Waals surface area (Å²) in [4.78, 5) is 0. The molecule has 1 aliphatic rings. The van der Waals surface area contributed by atoms with Gasteiger partial charge >= 0.3 is 0 Å². The van der Waals surface area contributed by atoms with Gasteiger partial charge in [-0.05, 0) is 38.8 Å². The van der Waals surface area contributed by atoms with E-state index < -0.39 is 5.41 Å². The smallest absolute Gasteiger partial charge is 0.116 e. The van der Waals surface area contributed by atoms with Crippen molar-refractivity contribution in [2.45, 2.75) is 32.7 Å². The summed E-state index contributed by atoms with van der Waals surface area (Å²) in [5, 5.41) is 28.3. The molecule has 0 aromatic rings. The van der Waals surface area contributed by atoms with Gasteiger partial charge < -0.3 is 15.3 Å². The standard InChI is InChI=1S/C13H24N2O3/c1-12(2,3)15-14-8-13(9-17)5-4-11(18)10(6-13)7-16/h4-5,14-18H,6-9H2,1-3H3. The summed E-state index contributed by atoms with van der Waals surface area (Å²) in [6.45, 7) is 6.39. The molecular formula is C13H24N2O3. The Bertz CT molecular complexity index is 345. The highest BCUT2D eigenvalue weighted by atomic mass is 16.3. The van der Waals surface area contributed by atoms with Crippen molar-refractivity contribution < 1.29 is 15.3 Å². The Labute approximate surface area is 108 Å². The second kappa shape index (κ2) is 5.84. The lowest BCUT2D eigenvalue weighted by atomic mass is 9.78. The van der Waals surface area contributed by atoms with Gasteiger partial charge in [-0.1, -0.05) is 6.08 Å². The minimum Gasteiger partial charge on any atom is -0.508 e. The number of hydrogen-bond donors (Lipinski definition) is 5. The van der Waals surface area contributed by atoms with Crippen molar-refractivity contribution in [3.8, 4) is 0 Å². The first-order valence-corrected chi connectivity index (χ1v) is 6.14. The van der Waals surface area contributed by atoms with Gasteiger partial charge in [0.2, 0.25) is 0 Å². The van der Waals surface area contributed by atoms with Crippen LogP contribution < -0.4 is 10.9 Å². The lowest BCUT2D eigenvalue weighted by Crippen LogP contribution is -2.51. The van der Waals surface area contributed by atoms with Gasteiger partial charge in [0.15, 0.2) is 0 Å². The summed E-state index contributed by atoms with van der Waals surface area (Å²) in [7, 11) is 0. The van der Waals surface area contributed by atoms with Crippen molar-refractivity contribution in [3.05, 3.63) is 23.5 Å². The van der Waals surface area contributed by atoms with E-state index in [0.29, 0.717) is 18.5 Å². The molecule has 0 saturated heterocycles. The summed E-state index contributed by atoms with van der Waals surface area (Å²) in [6.07, 6.45) is 3.78. The summed E-state index contributed by atoms with van der Waals surface area (Å²) in [5.41, 5.74) is 6.25. The average Bonchev–Trinajstić information content (AvgIpc) is 2.30. The first kappa shape index (κ1) is 15.2. The van der Waals surface area contributed by atoms with E-state index in [-0.39, 0.29) is 24.5 Å². The van der Waals surface area contributed by atoms with Crippen LogP contribution in [0.5, 0.6) is 0 Å². The molecule has 0 bridgehead atoms. The van der Waals surface area contributed by atoms with Gasteiger partial charge in [-0.25, -0.2) is 0 Å². The fourth-order valence-electron chi connectivity index (χ4n) is 1.86. The molecule has 1 atom stereocenters. The molecule has 5 heteroatoms. The van der Waals surface area contributed by atoms with Gasteiger partial charge in [0.1, 0.15) is 5.76 Å². The SMILES string of the molecule is CC(C)(C)NNCC1(CO)C=CC(O)=C(CO)C1. The van der Waals surface area contributed by atoms with Crippen LogP contribution in [0.1, 0.15) is 27.2 Å². The topological polar surface area (TPSA) is 84.8 Å². The highest BCUT2D eigenvalue weighted by Crippen LogP contribution is 2.32. The van der Waals surface area contributed by atoms with Crippen LogP contribution in [0, 0.1) is 5.41 Å². The Balaban J connectivity index is 2.64. The van der Waals surface area contributed by atoms with E-state index in [2.05, 4.69) is 10.9 Å². The molecule has 0 spiro atoms. The van der Waals surface area contributed by atoms with Gasteiger partial charge in [0.05, 0.1) is 13.2 Å². The Hall–Kier alpha value is -0.880. The minimum atomic E-state index is -0.484. The summed E-state index contributed by atoms with van der Waals surface area (Å²) < 4.78 is 0. The van der Waals surface area contributed by atoms with Crippen molar-refractivity contribution >= 4 is 0 Å². The van der Waals surface area contributed by atoms with E-state index >= 15 is 0 Å². The van der Waals surface area contributed by atoms with Crippen LogP contribution in [0.15, 0.2) is 23.5 Å². The highest BCUT2D eigenvalue weighted by molar-refractivity contribution is 5.29. The Morgan fingerprint density at radius 1 is 1.33 bits per heavy atom. The third-order valence-electron chi connectivity index (χ3n) is 2.93. The second-order valence-corrected chi connectivity index (χ2v) is 5.91. The molecule has 0 aliphatic heterocycles. The largest absolute Gasteiger partial charge is 0.508 e. The fourth-order valence-corrected chi connectivity index (χ4v) is 1.86. The van der Waals surface area contributed by atoms with Crippen LogP contribution in [-0.4, -0.2) is 40.6 Å². The van der Waals surface area contributed by atoms with E-state index in [4.69, 9.17) is 0 Å². The van der Waals surface area contributed by atoms with Crippen molar-refractivity contribution in [2.24, 2.45) is 5.41 Å². The predicted octanol–water partition coefficient (Wildman–Crippen LogP) is 0.622. The van der Waals surface area contributed by atoms with E-state index in [1.54, 1.807) is 12.2 Å². The van der Waals surface area contributed by atoms with E-state index in [9.17, 15) is 15.3 Å². The quantitative estimate of drug-likeness (QED) is 0.466. The molecule has 0 amide bonds. The maximum atomic E-state index is 9.57. The molecule has 1 unspecified atom stereocenters. The molecule has 0 saturated carbocycles. The number of nitrogens with one attached hydrogen (secondary N) is 2. The first-order valence-electron chi connectivity index (χ1n) is 6.14. The van der Waals surface area contributed by atoms with Crippen LogP contribution in [0.2, 0.25) is 0 Å². The zero-order valence-corrected chi connectivity index (χ0v) is 11.3. The zero-order chi connectivity index (χ0) is 13.8. The van der Waals surface area contributed by atoms with E-state index in [0.717, 1.165) is 0 Å². The molecule has 5 N–H and O–H groups in total. The molecule has 0 radical (unpaired) electrons. The second-order valence-electron chi connectivity index (χ2n) is 5.91. The lowest BCUT2D eigenvalue weighted by Gasteiger charge is -2.34. The van der Waals surface area contributed by atoms with Crippen LogP contribution in [0.3, 0.4) is 0 Å². The van der Waals surface area contributed by atoms with E-state index in [1.807, 2.05) is 20.8 Å². The van der Waals surface area contributed by atoms with Crippen LogP contribution in [-0.2, 0) is 0 Å². The third kappa shape index (κ3) is 4.10. The highest BCUT2D eigenvalue weighted by Gasteiger charge is 2.31. The molecule has 1 aliphatic carbocycles. The van der Waals surface area contributed by atoms with Crippen molar-refractivity contribution in [3.63, 3.8) is 0 Å². The van der Waals surface area contributed by atoms with Crippen LogP contribution >= 0.6 is 0 Å². The lowest BCUT2D eigenvalue weighted by molar-refractivity contribution is 0.145. The Morgan fingerprint density at radius 2 is 2.00 bits per heavy atom. The van der Waals surface area contributed by atoms with Gasteiger partial charge in [-0.3, -0.25) is 10.9 Å². The maximum absolute atomic E-state index is 9.57. The van der Waals surface area contributed by atoms with Crippen LogP contribution in [0.25, 0.3) is 0 Å². The number of hydrogen-bond acceptors (Lipinski definition) is 5. The number of allylic oxidation sites excluding steroid dienone is 1. The monoisotopic (exact) mass is 256 g/mol. The predicted molar refractivity (Wildman–Crippen MR) is 70.9 cm³/mol. The number of aliphatic hydroxyl groups excluding tert-OH is 3. The van der Waals surface area contributed by atoms with E-state index in [1.165, 1.54) is 0 Å². The maximum Gasteiger partial charge on any atom is 0.116 e. The molecule has 0 fully saturated rings. The first-order chi connectivity index (χ1) is 8.32. The molecule has 5 nitrogen and oxygen atoms in total. The molecule has 0 aromatic heterocycles. The molecule has 104 valence electrons. The molecule has 18 heavy (non-hydrogen) atoms. The molecule has 1 rings (SSSR count). The summed E-state index contributed by atoms with van der Waals surface area (Å²) in [6, 6.07) is 0. The van der Waals surface area contributed by atoms with Gasteiger partial charge in [-0.2, -0.15) is 0 Å². The van der Waals surface area contributed by atoms with Crippen LogP contribution in [0.4, 0.5) is 0 Å². The van der Waals surface area contributed by atoms with Gasteiger partial charge in [-0.15, -0.1) is 0 Å². The van der Waals surface area contributed by atoms with Crippen molar-refractivity contribution in [1.29, 1.82) is 0 Å². The number of rotatable bonds is 5. The number of aliphatic hydroxyl groups is 3. The minimum absolute atomic E-state index is 0.0426.